The summed E-state index contributed by atoms with van der Waals surface area (Å²) in [6, 6.07) is 3.14. The van der Waals surface area contributed by atoms with Gasteiger partial charge >= 0.3 is 0 Å². The van der Waals surface area contributed by atoms with Gasteiger partial charge < -0.3 is 15.9 Å². The number of nitrogens with zero attached hydrogens (tertiary/aromatic N) is 4. The molecule has 0 aromatic carbocycles. The lowest BCUT2D eigenvalue weighted by Gasteiger charge is -2.16. The van der Waals surface area contributed by atoms with Gasteiger partial charge in [0.2, 0.25) is 0 Å². The summed E-state index contributed by atoms with van der Waals surface area (Å²) in [5, 5.41) is 22.2. The fraction of sp³-hybridized carbons (Fsp3) is 0.375. The minimum absolute atomic E-state index is 0.144. The van der Waals surface area contributed by atoms with Crippen LogP contribution in [-0.4, -0.2) is 27.8 Å². The van der Waals surface area contributed by atoms with E-state index in [1.165, 1.54) is 6.20 Å². The fourth-order valence-electron chi connectivity index (χ4n) is 1.11. The lowest BCUT2D eigenvalue weighted by Crippen LogP contribution is -2.22. The van der Waals surface area contributed by atoms with Gasteiger partial charge in [0.15, 0.2) is 0 Å². The maximum Gasteiger partial charge on any atom is 0.129 e. The topological polar surface area (TPSA) is 128 Å². The molecular weight excluding hydrogens is 198 g/mol. The van der Waals surface area contributed by atoms with E-state index in [9.17, 15) is 10.2 Å². The summed E-state index contributed by atoms with van der Waals surface area (Å²) in [7, 11) is 0. The van der Waals surface area contributed by atoms with Crippen LogP contribution in [0.25, 0.3) is 10.4 Å². The first-order chi connectivity index (χ1) is 7.16. The minimum Gasteiger partial charge on any atom is -0.390 e. The van der Waals surface area contributed by atoms with Crippen LogP contribution in [0.4, 0.5) is 5.82 Å². The summed E-state index contributed by atoms with van der Waals surface area (Å²) < 4.78 is 0. The molecule has 1 heterocycles. The second kappa shape index (κ2) is 5.16. The molecule has 0 aliphatic heterocycles. The van der Waals surface area contributed by atoms with E-state index in [1.807, 2.05) is 0 Å². The predicted molar refractivity (Wildman–Crippen MR) is 53.6 cm³/mol. The average Bonchev–Trinajstić information content (AvgIpc) is 2.25. The highest BCUT2D eigenvalue weighted by Crippen LogP contribution is 2.21. The van der Waals surface area contributed by atoms with Crippen LogP contribution in [0.15, 0.2) is 23.4 Å². The molecule has 0 saturated heterocycles. The summed E-state index contributed by atoms with van der Waals surface area (Å²) in [5.74, 6) is 0.144. The van der Waals surface area contributed by atoms with Crippen molar-refractivity contribution in [3.8, 4) is 0 Å². The zero-order chi connectivity index (χ0) is 11.3. The van der Waals surface area contributed by atoms with Gasteiger partial charge in [-0.15, -0.1) is 0 Å². The largest absolute Gasteiger partial charge is 0.390 e. The molecule has 0 fully saturated rings. The number of nitrogens with two attached hydrogens (primary N) is 1. The number of hydrogen-bond donors (Lipinski definition) is 3. The molecule has 1 aromatic heterocycles. The third-order valence-corrected chi connectivity index (χ3v) is 1.89. The Balaban J connectivity index is 2.79. The number of aromatic nitrogens is 1. The molecule has 0 saturated carbocycles. The Bertz CT molecular complexity index is 377. The van der Waals surface area contributed by atoms with Gasteiger partial charge in [0.05, 0.1) is 12.6 Å². The second-order valence-corrected chi connectivity index (χ2v) is 2.90. The van der Waals surface area contributed by atoms with E-state index < -0.39 is 12.2 Å². The third kappa shape index (κ3) is 2.81. The first kappa shape index (κ1) is 11.3. The number of nitrogen functional groups attached to an aromatic ring is 1. The number of hydrogen-bond acceptors (Lipinski definition) is 5. The van der Waals surface area contributed by atoms with Crippen molar-refractivity contribution in [3.05, 3.63) is 34.3 Å². The summed E-state index contributed by atoms with van der Waals surface area (Å²) in [4.78, 5) is 6.25. The zero-order valence-corrected chi connectivity index (χ0v) is 7.85. The molecule has 7 heteroatoms. The van der Waals surface area contributed by atoms with Crippen molar-refractivity contribution in [2.45, 2.75) is 12.2 Å². The van der Waals surface area contributed by atoms with Gasteiger partial charge in [-0.3, -0.25) is 0 Å². The molecule has 1 rings (SSSR count). The van der Waals surface area contributed by atoms with Crippen molar-refractivity contribution < 1.29 is 10.2 Å². The van der Waals surface area contributed by atoms with Crippen molar-refractivity contribution in [2.24, 2.45) is 5.11 Å². The molecule has 0 bridgehead atoms. The number of rotatable bonds is 4. The van der Waals surface area contributed by atoms with Crippen LogP contribution in [0.2, 0.25) is 0 Å². The van der Waals surface area contributed by atoms with Crippen LogP contribution in [0, 0.1) is 0 Å². The molecule has 15 heavy (non-hydrogen) atoms. The van der Waals surface area contributed by atoms with E-state index in [0.29, 0.717) is 5.56 Å². The van der Waals surface area contributed by atoms with Gasteiger partial charge in [-0.2, -0.15) is 0 Å². The van der Waals surface area contributed by atoms with Gasteiger partial charge in [-0.1, -0.05) is 11.2 Å². The molecule has 1 aromatic rings. The molecule has 0 aliphatic carbocycles. The first-order valence-corrected chi connectivity index (χ1v) is 4.24. The SMILES string of the molecule is [N-]=[N+]=NCC(O)C(O)c1cccnc1N. The monoisotopic (exact) mass is 209 g/mol. The van der Waals surface area contributed by atoms with Crippen molar-refractivity contribution in [3.63, 3.8) is 0 Å². The molecule has 7 nitrogen and oxygen atoms in total. The highest BCUT2D eigenvalue weighted by molar-refractivity contribution is 5.40. The summed E-state index contributed by atoms with van der Waals surface area (Å²) >= 11 is 0. The highest BCUT2D eigenvalue weighted by atomic mass is 16.3. The summed E-state index contributed by atoms with van der Waals surface area (Å²) in [6.07, 6.45) is -0.914. The molecule has 80 valence electrons. The van der Waals surface area contributed by atoms with E-state index in [0.717, 1.165) is 0 Å². The van der Waals surface area contributed by atoms with Crippen LogP contribution >= 0.6 is 0 Å². The second-order valence-electron chi connectivity index (χ2n) is 2.90. The van der Waals surface area contributed by atoms with Crippen molar-refractivity contribution in [2.75, 3.05) is 12.3 Å². The van der Waals surface area contributed by atoms with Crippen molar-refractivity contribution in [1.29, 1.82) is 0 Å². The van der Waals surface area contributed by atoms with Gasteiger partial charge in [0.25, 0.3) is 0 Å². The van der Waals surface area contributed by atoms with Crippen LogP contribution in [0.3, 0.4) is 0 Å². The quantitative estimate of drug-likeness (QED) is 0.375. The van der Waals surface area contributed by atoms with Gasteiger partial charge in [-0.05, 0) is 11.6 Å². The summed E-state index contributed by atoms with van der Waals surface area (Å²) in [5.41, 5.74) is 13.9. The summed E-state index contributed by atoms with van der Waals surface area (Å²) in [6.45, 7) is -0.216. The molecule has 0 aliphatic rings. The maximum absolute atomic E-state index is 9.64. The lowest BCUT2D eigenvalue weighted by atomic mass is 10.1. The molecule has 2 atom stereocenters. The first-order valence-electron chi connectivity index (χ1n) is 4.24. The number of aliphatic hydroxyl groups excluding tert-OH is 2. The Labute approximate surface area is 85.8 Å². The number of azide groups is 1. The van der Waals surface area contributed by atoms with Crippen LogP contribution < -0.4 is 5.73 Å². The van der Waals surface area contributed by atoms with Crippen molar-refractivity contribution >= 4 is 5.82 Å². The van der Waals surface area contributed by atoms with Crippen LogP contribution in [-0.2, 0) is 0 Å². The standard InChI is InChI=1S/C8H11N5O2/c9-8-5(2-1-3-11-8)7(15)6(14)4-12-13-10/h1-3,6-7,14-15H,4H2,(H2,9,11). The Morgan fingerprint density at radius 2 is 2.33 bits per heavy atom. The minimum atomic E-state index is -1.20. The number of pyridine rings is 1. The molecular formula is C8H11N5O2. The number of aliphatic hydroxyl groups is 2. The van der Waals surface area contributed by atoms with E-state index in [2.05, 4.69) is 15.0 Å². The Morgan fingerprint density at radius 1 is 1.60 bits per heavy atom. The molecule has 4 N–H and O–H groups in total. The van der Waals surface area contributed by atoms with Crippen LogP contribution in [0.1, 0.15) is 11.7 Å². The zero-order valence-electron chi connectivity index (χ0n) is 7.85. The van der Waals surface area contributed by atoms with E-state index in [-0.39, 0.29) is 12.4 Å². The average molecular weight is 209 g/mol. The smallest absolute Gasteiger partial charge is 0.129 e. The highest BCUT2D eigenvalue weighted by Gasteiger charge is 2.19. The molecule has 2 unspecified atom stereocenters. The van der Waals surface area contributed by atoms with Gasteiger partial charge in [-0.25, -0.2) is 4.98 Å². The number of anilines is 1. The third-order valence-electron chi connectivity index (χ3n) is 1.89. The molecule has 0 spiro atoms. The van der Waals surface area contributed by atoms with Crippen LogP contribution in [0.5, 0.6) is 0 Å². The van der Waals surface area contributed by atoms with Gasteiger partial charge in [0, 0.05) is 16.7 Å². The molecule has 0 amide bonds. The van der Waals surface area contributed by atoms with Crippen molar-refractivity contribution in [1.82, 2.24) is 4.98 Å². The Morgan fingerprint density at radius 3 is 2.93 bits per heavy atom. The Kier molecular flexibility index (Phi) is 3.87. The van der Waals surface area contributed by atoms with E-state index >= 15 is 0 Å². The lowest BCUT2D eigenvalue weighted by molar-refractivity contribution is 0.0247. The normalized spacial score (nSPS) is 14.0. The predicted octanol–water partition coefficient (Wildman–Crippen LogP) is 0.368. The Hall–Kier alpha value is -1.82. The van der Waals surface area contributed by atoms with E-state index in [4.69, 9.17) is 11.3 Å². The fourth-order valence-corrected chi connectivity index (χ4v) is 1.11. The maximum atomic E-state index is 9.64. The van der Waals surface area contributed by atoms with E-state index in [1.54, 1.807) is 12.1 Å². The molecule has 0 radical (unpaired) electrons. The van der Waals surface area contributed by atoms with Gasteiger partial charge in [0.1, 0.15) is 11.9 Å².